The third-order valence-corrected chi connectivity index (χ3v) is 7.95. The van der Waals surface area contributed by atoms with Crippen molar-refractivity contribution in [1.82, 2.24) is 9.80 Å². The van der Waals surface area contributed by atoms with Gasteiger partial charge in [0.25, 0.3) is 0 Å². The van der Waals surface area contributed by atoms with Gasteiger partial charge in [-0.15, -0.1) is 0 Å². The van der Waals surface area contributed by atoms with Crippen molar-refractivity contribution < 1.29 is 28.5 Å². The van der Waals surface area contributed by atoms with Crippen molar-refractivity contribution >= 4 is 12.0 Å². The molecular formula is C34H40N2O6. The van der Waals surface area contributed by atoms with Gasteiger partial charge in [0.05, 0.1) is 28.4 Å². The van der Waals surface area contributed by atoms with Crippen molar-refractivity contribution in [2.45, 2.75) is 32.4 Å². The van der Waals surface area contributed by atoms with Crippen molar-refractivity contribution in [2.24, 2.45) is 0 Å². The maximum absolute atomic E-state index is 13.7. The summed E-state index contributed by atoms with van der Waals surface area (Å²) in [5, 5.41) is 0. The van der Waals surface area contributed by atoms with Crippen molar-refractivity contribution in [2.75, 3.05) is 54.6 Å². The lowest BCUT2D eigenvalue weighted by Crippen LogP contribution is -2.48. The number of benzene rings is 3. The first-order valence-electron chi connectivity index (χ1n) is 14.4. The zero-order valence-corrected chi connectivity index (χ0v) is 25.0. The standard InChI is InChI=1S/C34H40N2O6/c1-38-29-20-26-11-8-12-27(19-28(26)21-30(29)42-23-24-9-6-5-7-10-24)34(37)36-15-13-35(14-16-36)22-25-17-31(39-2)33(41-4)32(18-25)40-3/h5-7,9-10,17-21H,8,11-16,22-23H2,1-4H3. The quantitative estimate of drug-likeness (QED) is 0.324. The summed E-state index contributed by atoms with van der Waals surface area (Å²) in [6.07, 6.45) is 4.61. The number of hydrogen-bond acceptors (Lipinski definition) is 7. The molecule has 3 aromatic carbocycles. The van der Waals surface area contributed by atoms with Crippen LogP contribution in [0.5, 0.6) is 28.7 Å². The topological polar surface area (TPSA) is 69.7 Å². The number of nitrogens with zero attached hydrogens (tertiary/aromatic N) is 2. The molecule has 0 aromatic heterocycles. The number of carbonyl (C=O) groups excluding carboxylic acids is 1. The van der Waals surface area contributed by atoms with E-state index in [4.69, 9.17) is 23.7 Å². The number of rotatable bonds is 10. The van der Waals surface area contributed by atoms with Gasteiger partial charge in [-0.2, -0.15) is 0 Å². The van der Waals surface area contributed by atoms with Gasteiger partial charge in [0, 0.05) is 38.3 Å². The van der Waals surface area contributed by atoms with Gasteiger partial charge < -0.3 is 28.6 Å². The molecule has 5 rings (SSSR count). The SMILES string of the molecule is COc1cc2c(cc1OCc1ccccc1)C=C(C(=O)N1CCN(Cc3cc(OC)c(OC)c(OC)c3)CC1)CCC2. The summed E-state index contributed by atoms with van der Waals surface area (Å²) >= 11 is 0. The second kappa shape index (κ2) is 13.7. The lowest BCUT2D eigenvalue weighted by Gasteiger charge is -2.35. The molecule has 1 heterocycles. The van der Waals surface area contributed by atoms with Crippen LogP contribution < -0.4 is 23.7 Å². The molecule has 0 N–H and O–H groups in total. The smallest absolute Gasteiger partial charge is 0.249 e. The number of ether oxygens (including phenoxy) is 5. The van der Waals surface area contributed by atoms with Gasteiger partial charge in [-0.05, 0) is 71.9 Å². The molecule has 0 spiro atoms. The second-order valence-corrected chi connectivity index (χ2v) is 10.6. The van der Waals surface area contributed by atoms with Crippen LogP contribution in [0.4, 0.5) is 0 Å². The zero-order valence-electron chi connectivity index (χ0n) is 25.0. The van der Waals surface area contributed by atoms with Crippen LogP contribution in [0.1, 0.15) is 35.1 Å². The molecule has 0 unspecified atom stereocenters. The van der Waals surface area contributed by atoms with Gasteiger partial charge in [-0.25, -0.2) is 0 Å². The minimum atomic E-state index is 0.123. The maximum Gasteiger partial charge on any atom is 0.249 e. The number of piperazine rings is 1. The van der Waals surface area contributed by atoms with Crippen LogP contribution >= 0.6 is 0 Å². The molecule has 1 fully saturated rings. The summed E-state index contributed by atoms with van der Waals surface area (Å²) in [4.78, 5) is 18.0. The molecule has 42 heavy (non-hydrogen) atoms. The molecule has 0 radical (unpaired) electrons. The van der Waals surface area contributed by atoms with E-state index < -0.39 is 0 Å². The van der Waals surface area contributed by atoms with Crippen LogP contribution in [0.15, 0.2) is 60.2 Å². The first kappa shape index (κ1) is 29.3. The van der Waals surface area contributed by atoms with Crippen LogP contribution in [0, 0.1) is 0 Å². The number of aryl methyl sites for hydroxylation is 1. The van der Waals surface area contributed by atoms with E-state index in [-0.39, 0.29) is 5.91 Å². The van der Waals surface area contributed by atoms with E-state index in [2.05, 4.69) is 17.0 Å². The van der Waals surface area contributed by atoms with Crippen LogP contribution in [-0.2, 0) is 24.4 Å². The molecule has 3 aromatic rings. The fourth-order valence-electron chi connectivity index (χ4n) is 5.67. The Bertz CT molecular complexity index is 1390. The lowest BCUT2D eigenvalue weighted by atomic mass is 10.0. The Morgan fingerprint density at radius 1 is 0.738 bits per heavy atom. The molecule has 1 saturated heterocycles. The highest BCUT2D eigenvalue weighted by atomic mass is 16.5. The van der Waals surface area contributed by atoms with Crippen LogP contribution in [0.3, 0.4) is 0 Å². The monoisotopic (exact) mass is 572 g/mol. The van der Waals surface area contributed by atoms with Gasteiger partial charge in [0.2, 0.25) is 11.7 Å². The zero-order chi connectivity index (χ0) is 29.5. The Balaban J connectivity index is 1.25. The van der Waals surface area contributed by atoms with Crippen molar-refractivity contribution in [3.8, 4) is 28.7 Å². The van der Waals surface area contributed by atoms with E-state index in [0.29, 0.717) is 42.7 Å². The summed E-state index contributed by atoms with van der Waals surface area (Å²) in [5.74, 6) is 3.41. The fourth-order valence-corrected chi connectivity index (χ4v) is 5.67. The summed E-state index contributed by atoms with van der Waals surface area (Å²) in [7, 11) is 6.52. The Morgan fingerprint density at radius 2 is 1.43 bits per heavy atom. The molecular weight excluding hydrogens is 532 g/mol. The third-order valence-electron chi connectivity index (χ3n) is 7.95. The third kappa shape index (κ3) is 6.65. The lowest BCUT2D eigenvalue weighted by molar-refractivity contribution is -0.129. The minimum absolute atomic E-state index is 0.123. The summed E-state index contributed by atoms with van der Waals surface area (Å²) < 4.78 is 28.3. The average Bonchev–Trinajstić information content (AvgIpc) is 3.25. The minimum Gasteiger partial charge on any atom is -0.493 e. The van der Waals surface area contributed by atoms with Gasteiger partial charge in [-0.1, -0.05) is 30.3 Å². The number of hydrogen-bond donors (Lipinski definition) is 0. The molecule has 1 amide bonds. The molecule has 8 nitrogen and oxygen atoms in total. The maximum atomic E-state index is 13.7. The molecule has 2 aliphatic rings. The van der Waals surface area contributed by atoms with Gasteiger partial charge in [0.15, 0.2) is 23.0 Å². The van der Waals surface area contributed by atoms with E-state index in [1.165, 1.54) is 5.56 Å². The number of carbonyl (C=O) groups is 1. The van der Waals surface area contributed by atoms with Crippen LogP contribution in [-0.4, -0.2) is 70.3 Å². The Hall–Kier alpha value is -4.17. The average molecular weight is 573 g/mol. The molecule has 222 valence electrons. The first-order valence-corrected chi connectivity index (χ1v) is 14.4. The molecule has 8 heteroatoms. The predicted octanol–water partition coefficient (Wildman–Crippen LogP) is 5.36. The Kier molecular flexibility index (Phi) is 9.54. The molecule has 0 saturated carbocycles. The van der Waals surface area contributed by atoms with Gasteiger partial charge >= 0.3 is 0 Å². The Labute approximate surface area is 248 Å². The number of fused-ring (bicyclic) bond motifs is 1. The van der Waals surface area contributed by atoms with E-state index in [1.54, 1.807) is 28.4 Å². The van der Waals surface area contributed by atoms with Crippen molar-refractivity contribution in [1.29, 1.82) is 0 Å². The first-order chi connectivity index (χ1) is 20.5. The number of methoxy groups -OCH3 is 4. The fraction of sp³-hybridized carbons (Fsp3) is 0.382. The largest absolute Gasteiger partial charge is 0.493 e. The summed E-state index contributed by atoms with van der Waals surface area (Å²) in [6.45, 7) is 4.14. The van der Waals surface area contributed by atoms with E-state index in [1.807, 2.05) is 53.4 Å². The molecule has 1 aliphatic heterocycles. The highest BCUT2D eigenvalue weighted by Gasteiger charge is 2.26. The second-order valence-electron chi connectivity index (χ2n) is 10.6. The number of amides is 1. The normalized spacial score (nSPS) is 15.2. The van der Waals surface area contributed by atoms with Crippen LogP contribution in [0.2, 0.25) is 0 Å². The van der Waals surface area contributed by atoms with E-state index in [9.17, 15) is 4.79 Å². The summed E-state index contributed by atoms with van der Waals surface area (Å²) in [5.41, 5.74) is 5.22. The highest BCUT2D eigenvalue weighted by Crippen LogP contribution is 2.39. The molecule has 0 bridgehead atoms. The van der Waals surface area contributed by atoms with Gasteiger partial charge in [-0.3, -0.25) is 9.69 Å². The molecule has 0 atom stereocenters. The van der Waals surface area contributed by atoms with Crippen molar-refractivity contribution in [3.63, 3.8) is 0 Å². The summed E-state index contributed by atoms with van der Waals surface area (Å²) in [6, 6.07) is 18.1. The van der Waals surface area contributed by atoms with Crippen molar-refractivity contribution in [3.05, 3.63) is 82.4 Å². The molecule has 1 aliphatic carbocycles. The van der Waals surface area contributed by atoms with Crippen LogP contribution in [0.25, 0.3) is 6.08 Å². The highest BCUT2D eigenvalue weighted by molar-refractivity contribution is 5.98. The van der Waals surface area contributed by atoms with Gasteiger partial charge in [0.1, 0.15) is 6.61 Å². The Morgan fingerprint density at radius 3 is 2.07 bits per heavy atom. The van der Waals surface area contributed by atoms with E-state index in [0.717, 1.165) is 66.9 Å². The van der Waals surface area contributed by atoms with E-state index >= 15 is 0 Å². The predicted molar refractivity (Wildman–Crippen MR) is 163 cm³/mol.